The molecule has 1 N–H and O–H groups in total. The van der Waals surface area contributed by atoms with E-state index in [9.17, 15) is 0 Å². The van der Waals surface area contributed by atoms with Gasteiger partial charge in [0.1, 0.15) is 0 Å². The van der Waals surface area contributed by atoms with Gasteiger partial charge in [-0.1, -0.05) is 0 Å². The first kappa shape index (κ1) is 8.14. The molecule has 0 amide bonds. The number of hydrogen-bond donors (Lipinski definition) is 1. The first-order valence-electron chi connectivity index (χ1n) is 3.71. The zero-order valence-electron chi connectivity index (χ0n) is 7.13. The quantitative estimate of drug-likeness (QED) is 0.687. The van der Waals surface area contributed by atoms with Crippen molar-refractivity contribution >= 4 is 0 Å². The molecule has 0 saturated heterocycles. The van der Waals surface area contributed by atoms with Crippen LogP contribution in [0.1, 0.15) is 24.2 Å². The van der Waals surface area contributed by atoms with Gasteiger partial charge in [0.05, 0.1) is 5.69 Å². The third kappa shape index (κ3) is 1.74. The number of hydrogen-bond acceptors (Lipinski definition) is 3. The highest BCUT2D eigenvalue weighted by molar-refractivity contribution is 5.19. The first-order valence-corrected chi connectivity index (χ1v) is 3.71. The zero-order valence-corrected chi connectivity index (χ0v) is 7.13. The lowest BCUT2D eigenvalue weighted by molar-refractivity contribution is 0.640. The second-order valence-electron chi connectivity index (χ2n) is 2.58. The summed E-state index contributed by atoms with van der Waals surface area (Å²) in [5, 5.41) is 10.9. The summed E-state index contributed by atoms with van der Waals surface area (Å²) in [5.74, 6) is 0. The van der Waals surface area contributed by atoms with Crippen molar-refractivity contribution in [1.82, 2.24) is 15.5 Å². The Morgan fingerprint density at radius 2 is 2.27 bits per heavy atom. The van der Waals surface area contributed by atoms with Gasteiger partial charge in [0.25, 0.3) is 0 Å². The average molecular weight is 151 g/mol. The molecule has 0 aliphatic heterocycles. The normalized spacial score (nSPS) is 13.0. The molecule has 0 spiro atoms. The van der Waals surface area contributed by atoms with E-state index in [1.54, 1.807) is 6.20 Å². The lowest BCUT2D eigenvalue weighted by atomic mass is 10.1. The van der Waals surface area contributed by atoms with Crippen LogP contribution in [0.2, 0.25) is 0 Å². The van der Waals surface area contributed by atoms with E-state index in [0.29, 0.717) is 6.04 Å². The van der Waals surface area contributed by atoms with Crippen molar-refractivity contribution in [1.29, 1.82) is 0 Å². The van der Waals surface area contributed by atoms with E-state index in [0.717, 1.165) is 5.69 Å². The summed E-state index contributed by atoms with van der Waals surface area (Å²) in [6.07, 6.45) is 1.72. The van der Waals surface area contributed by atoms with Gasteiger partial charge in [0.2, 0.25) is 0 Å². The van der Waals surface area contributed by atoms with E-state index < -0.39 is 0 Å². The molecule has 1 heterocycles. The van der Waals surface area contributed by atoms with Gasteiger partial charge in [0.15, 0.2) is 0 Å². The van der Waals surface area contributed by atoms with Gasteiger partial charge in [-0.05, 0) is 32.5 Å². The van der Waals surface area contributed by atoms with Crippen LogP contribution in [0.3, 0.4) is 0 Å². The van der Waals surface area contributed by atoms with Crippen molar-refractivity contribution in [2.75, 3.05) is 7.05 Å². The molecule has 1 atom stereocenters. The Morgan fingerprint density at radius 1 is 1.55 bits per heavy atom. The fourth-order valence-electron chi connectivity index (χ4n) is 1.03. The summed E-state index contributed by atoms with van der Waals surface area (Å²) in [6.45, 7) is 4.07. The van der Waals surface area contributed by atoms with Crippen LogP contribution < -0.4 is 5.32 Å². The van der Waals surface area contributed by atoms with Crippen molar-refractivity contribution < 1.29 is 0 Å². The third-order valence-electron chi connectivity index (χ3n) is 1.85. The minimum atomic E-state index is 0.352. The molecule has 1 aromatic heterocycles. The van der Waals surface area contributed by atoms with Crippen LogP contribution in [-0.2, 0) is 0 Å². The average Bonchev–Trinajstić information content (AvgIpc) is 2.04. The molecule has 1 unspecified atom stereocenters. The predicted octanol–water partition coefficient (Wildman–Crippen LogP) is 1.07. The summed E-state index contributed by atoms with van der Waals surface area (Å²) >= 11 is 0. The van der Waals surface area contributed by atoms with Crippen LogP contribution in [0, 0.1) is 6.92 Å². The molecular formula is C8H13N3. The minimum Gasteiger partial charge on any atom is -0.313 e. The number of nitrogens with zero attached hydrogens (tertiary/aromatic N) is 2. The Morgan fingerprint density at radius 3 is 2.82 bits per heavy atom. The Bertz CT molecular complexity index is 235. The number of nitrogens with one attached hydrogen (secondary N) is 1. The van der Waals surface area contributed by atoms with Crippen LogP contribution >= 0.6 is 0 Å². The van der Waals surface area contributed by atoms with Gasteiger partial charge >= 0.3 is 0 Å². The molecule has 1 rings (SSSR count). The molecule has 0 fully saturated rings. The standard InChI is InChI=1S/C8H13N3/c1-6(9-3)8-4-5-10-11-7(8)2/h4-6,9H,1-3H3. The fraction of sp³-hybridized carbons (Fsp3) is 0.500. The number of aromatic nitrogens is 2. The van der Waals surface area contributed by atoms with Crippen LogP contribution in [0.4, 0.5) is 0 Å². The summed E-state index contributed by atoms with van der Waals surface area (Å²) in [7, 11) is 1.94. The van der Waals surface area contributed by atoms with E-state index in [1.165, 1.54) is 5.56 Å². The largest absolute Gasteiger partial charge is 0.313 e. The highest BCUT2D eigenvalue weighted by atomic mass is 15.1. The predicted molar refractivity (Wildman–Crippen MR) is 44.2 cm³/mol. The maximum absolute atomic E-state index is 3.96. The molecule has 0 aromatic carbocycles. The maximum atomic E-state index is 3.96. The molecule has 3 nitrogen and oxygen atoms in total. The number of rotatable bonds is 2. The monoisotopic (exact) mass is 151 g/mol. The van der Waals surface area contributed by atoms with Crippen LogP contribution in [0.15, 0.2) is 12.3 Å². The third-order valence-corrected chi connectivity index (χ3v) is 1.85. The second kappa shape index (κ2) is 3.44. The van der Waals surface area contributed by atoms with Gasteiger partial charge in [-0.15, -0.1) is 0 Å². The topological polar surface area (TPSA) is 37.8 Å². The Balaban J connectivity index is 2.93. The molecule has 1 aromatic rings. The maximum Gasteiger partial charge on any atom is 0.0647 e. The van der Waals surface area contributed by atoms with Gasteiger partial charge in [-0.25, -0.2) is 0 Å². The van der Waals surface area contributed by atoms with Gasteiger partial charge in [0, 0.05) is 12.2 Å². The van der Waals surface area contributed by atoms with E-state index in [1.807, 2.05) is 20.0 Å². The lowest BCUT2D eigenvalue weighted by Gasteiger charge is -2.11. The van der Waals surface area contributed by atoms with E-state index in [4.69, 9.17) is 0 Å². The Kier molecular flexibility index (Phi) is 2.54. The van der Waals surface area contributed by atoms with E-state index >= 15 is 0 Å². The van der Waals surface area contributed by atoms with Crippen molar-refractivity contribution in [3.8, 4) is 0 Å². The smallest absolute Gasteiger partial charge is 0.0647 e. The van der Waals surface area contributed by atoms with Crippen LogP contribution in [-0.4, -0.2) is 17.2 Å². The van der Waals surface area contributed by atoms with Crippen LogP contribution in [0.5, 0.6) is 0 Å². The molecular weight excluding hydrogens is 138 g/mol. The van der Waals surface area contributed by atoms with Gasteiger partial charge in [-0.3, -0.25) is 0 Å². The molecule has 0 aliphatic carbocycles. The van der Waals surface area contributed by atoms with E-state index in [-0.39, 0.29) is 0 Å². The molecule has 0 radical (unpaired) electrons. The molecule has 3 heteroatoms. The minimum absolute atomic E-state index is 0.352. The fourth-order valence-corrected chi connectivity index (χ4v) is 1.03. The highest BCUT2D eigenvalue weighted by Gasteiger charge is 2.05. The summed E-state index contributed by atoms with van der Waals surface area (Å²) in [4.78, 5) is 0. The molecule has 0 saturated carbocycles. The van der Waals surface area contributed by atoms with Crippen molar-refractivity contribution in [2.45, 2.75) is 19.9 Å². The molecule has 0 aliphatic rings. The van der Waals surface area contributed by atoms with Gasteiger partial charge < -0.3 is 5.32 Å². The number of aryl methyl sites for hydroxylation is 1. The second-order valence-corrected chi connectivity index (χ2v) is 2.58. The summed E-state index contributed by atoms with van der Waals surface area (Å²) in [5.41, 5.74) is 2.21. The molecule has 60 valence electrons. The zero-order chi connectivity index (χ0) is 8.27. The van der Waals surface area contributed by atoms with Crippen LogP contribution in [0.25, 0.3) is 0 Å². The SMILES string of the molecule is CNC(C)c1ccnnc1C. The summed E-state index contributed by atoms with van der Waals surface area (Å²) in [6, 6.07) is 2.34. The van der Waals surface area contributed by atoms with Crippen molar-refractivity contribution in [3.63, 3.8) is 0 Å². The van der Waals surface area contributed by atoms with E-state index in [2.05, 4.69) is 22.4 Å². The molecule has 0 bridgehead atoms. The Labute approximate surface area is 66.8 Å². The first-order chi connectivity index (χ1) is 5.25. The van der Waals surface area contributed by atoms with Gasteiger partial charge in [-0.2, -0.15) is 10.2 Å². The summed E-state index contributed by atoms with van der Waals surface area (Å²) < 4.78 is 0. The Hall–Kier alpha value is -0.960. The van der Waals surface area contributed by atoms with Crippen molar-refractivity contribution in [3.05, 3.63) is 23.5 Å². The van der Waals surface area contributed by atoms with Crippen molar-refractivity contribution in [2.24, 2.45) is 0 Å². The molecule has 11 heavy (non-hydrogen) atoms. The lowest BCUT2D eigenvalue weighted by Crippen LogP contribution is -2.14. The highest BCUT2D eigenvalue weighted by Crippen LogP contribution is 2.12.